The average Bonchev–Trinajstić information content (AvgIpc) is 2.40. The summed E-state index contributed by atoms with van der Waals surface area (Å²) in [5, 5.41) is 0.681. The van der Waals surface area contributed by atoms with Gasteiger partial charge in [0.1, 0.15) is 5.75 Å². The zero-order valence-corrected chi connectivity index (χ0v) is 14.0. The van der Waals surface area contributed by atoms with Gasteiger partial charge in [-0.15, -0.1) is 0 Å². The van der Waals surface area contributed by atoms with Gasteiger partial charge in [-0.1, -0.05) is 39.7 Å². The number of nitrogens with two attached hydrogens (primary N) is 1. The first kappa shape index (κ1) is 15.4. The fourth-order valence-electron chi connectivity index (χ4n) is 2.42. The van der Waals surface area contributed by atoms with Crippen molar-refractivity contribution >= 4 is 27.5 Å². The molecule has 20 heavy (non-hydrogen) atoms. The largest absolute Gasteiger partial charge is 0.496 e. The Morgan fingerprint density at radius 3 is 2.30 bits per heavy atom. The normalized spacial score (nSPS) is 12.3. The van der Waals surface area contributed by atoms with Crippen LogP contribution in [0, 0.1) is 13.8 Å². The van der Waals surface area contributed by atoms with Crippen molar-refractivity contribution in [3.8, 4) is 5.75 Å². The maximum absolute atomic E-state index is 6.39. The molecule has 0 amide bonds. The maximum Gasteiger partial charge on any atom is 0.124 e. The molecule has 2 rings (SSSR count). The van der Waals surface area contributed by atoms with Gasteiger partial charge >= 0.3 is 0 Å². The van der Waals surface area contributed by atoms with Gasteiger partial charge in [-0.25, -0.2) is 0 Å². The van der Waals surface area contributed by atoms with Crippen molar-refractivity contribution in [2.24, 2.45) is 5.73 Å². The van der Waals surface area contributed by atoms with Gasteiger partial charge in [0.15, 0.2) is 0 Å². The van der Waals surface area contributed by atoms with Crippen molar-refractivity contribution in [1.29, 1.82) is 0 Å². The van der Waals surface area contributed by atoms with Gasteiger partial charge in [-0.2, -0.15) is 0 Å². The third-order valence-electron chi connectivity index (χ3n) is 3.34. The standard InChI is InChI=1S/C16H17BrClNO/c1-9-6-11(7-10(2)16(9)20-3)15(19)13-8-12(18)4-5-14(13)17/h4-8,15H,19H2,1-3H3. The highest BCUT2D eigenvalue weighted by Gasteiger charge is 2.15. The van der Waals surface area contributed by atoms with Crippen LogP contribution >= 0.6 is 27.5 Å². The van der Waals surface area contributed by atoms with Crippen LogP contribution in [-0.2, 0) is 0 Å². The molecule has 1 unspecified atom stereocenters. The number of benzene rings is 2. The number of halogens is 2. The minimum Gasteiger partial charge on any atom is -0.496 e. The Hall–Kier alpha value is -1.03. The molecule has 0 aliphatic rings. The minimum atomic E-state index is -0.230. The molecule has 2 aromatic carbocycles. The van der Waals surface area contributed by atoms with Gasteiger partial charge < -0.3 is 10.5 Å². The topological polar surface area (TPSA) is 35.2 Å². The van der Waals surface area contributed by atoms with Crippen LogP contribution in [0.25, 0.3) is 0 Å². The number of rotatable bonds is 3. The van der Waals surface area contributed by atoms with Crippen molar-refractivity contribution in [1.82, 2.24) is 0 Å². The molecular weight excluding hydrogens is 338 g/mol. The monoisotopic (exact) mass is 353 g/mol. The molecule has 0 fully saturated rings. The van der Waals surface area contributed by atoms with Gasteiger partial charge in [0.25, 0.3) is 0 Å². The zero-order valence-electron chi connectivity index (χ0n) is 11.7. The number of hydrogen-bond donors (Lipinski definition) is 1. The van der Waals surface area contributed by atoms with Crippen molar-refractivity contribution in [2.75, 3.05) is 7.11 Å². The van der Waals surface area contributed by atoms with E-state index in [1.807, 2.05) is 32.0 Å². The summed E-state index contributed by atoms with van der Waals surface area (Å²) in [4.78, 5) is 0. The molecule has 2 N–H and O–H groups in total. The first-order chi connectivity index (χ1) is 9.43. The molecule has 106 valence electrons. The van der Waals surface area contributed by atoms with Gasteiger partial charge in [0.2, 0.25) is 0 Å². The lowest BCUT2D eigenvalue weighted by Crippen LogP contribution is -2.13. The Morgan fingerprint density at radius 2 is 1.75 bits per heavy atom. The zero-order chi connectivity index (χ0) is 14.9. The molecule has 0 heterocycles. The predicted octanol–water partition coefficient (Wildman–Crippen LogP) is 4.78. The van der Waals surface area contributed by atoms with E-state index < -0.39 is 0 Å². The highest BCUT2D eigenvalue weighted by atomic mass is 79.9. The SMILES string of the molecule is COc1c(C)cc(C(N)c2cc(Cl)ccc2Br)cc1C. The summed E-state index contributed by atoms with van der Waals surface area (Å²) in [7, 11) is 1.68. The van der Waals surface area contributed by atoms with Crippen molar-refractivity contribution in [3.05, 3.63) is 62.1 Å². The first-order valence-corrected chi connectivity index (χ1v) is 7.46. The molecule has 0 saturated heterocycles. The van der Waals surface area contributed by atoms with Gasteiger partial charge in [-0.3, -0.25) is 0 Å². The molecule has 1 atom stereocenters. The van der Waals surface area contributed by atoms with E-state index in [9.17, 15) is 0 Å². The Balaban J connectivity index is 2.48. The summed E-state index contributed by atoms with van der Waals surface area (Å²) in [6.45, 7) is 4.05. The third kappa shape index (κ3) is 3.00. The van der Waals surface area contributed by atoms with E-state index in [2.05, 4.69) is 28.1 Å². The van der Waals surface area contributed by atoms with Crippen LogP contribution in [0.4, 0.5) is 0 Å². The molecule has 2 aromatic rings. The Kier molecular flexibility index (Phi) is 4.74. The van der Waals surface area contributed by atoms with Crippen molar-refractivity contribution < 1.29 is 4.74 Å². The van der Waals surface area contributed by atoms with E-state index in [4.69, 9.17) is 22.1 Å². The average molecular weight is 355 g/mol. The van der Waals surface area contributed by atoms with Gasteiger partial charge in [-0.05, 0) is 54.3 Å². The fourth-order valence-corrected chi connectivity index (χ4v) is 3.09. The second-order valence-corrected chi connectivity index (χ2v) is 6.12. The molecule has 0 aliphatic carbocycles. The van der Waals surface area contributed by atoms with E-state index in [0.29, 0.717) is 5.02 Å². The van der Waals surface area contributed by atoms with E-state index in [1.54, 1.807) is 7.11 Å². The Morgan fingerprint density at radius 1 is 1.15 bits per heavy atom. The molecule has 0 spiro atoms. The number of aryl methyl sites for hydroxylation is 2. The molecular formula is C16H17BrClNO. The summed E-state index contributed by atoms with van der Waals surface area (Å²) in [6.07, 6.45) is 0. The number of ether oxygens (including phenoxy) is 1. The van der Waals surface area contributed by atoms with Crippen LogP contribution in [0.1, 0.15) is 28.3 Å². The summed E-state index contributed by atoms with van der Waals surface area (Å²) in [5.74, 6) is 0.908. The molecule has 0 bridgehead atoms. The van der Waals surface area contributed by atoms with Crippen LogP contribution in [0.15, 0.2) is 34.8 Å². The molecule has 0 saturated carbocycles. The second kappa shape index (κ2) is 6.17. The Labute approximate surface area is 133 Å². The Bertz CT molecular complexity index is 619. The second-order valence-electron chi connectivity index (χ2n) is 4.83. The van der Waals surface area contributed by atoms with Crippen LogP contribution in [0.2, 0.25) is 5.02 Å². The van der Waals surface area contributed by atoms with Gasteiger partial charge in [0, 0.05) is 9.50 Å². The molecule has 0 aromatic heterocycles. The van der Waals surface area contributed by atoms with Crippen molar-refractivity contribution in [3.63, 3.8) is 0 Å². The maximum atomic E-state index is 6.39. The fraction of sp³-hybridized carbons (Fsp3) is 0.250. The molecule has 0 radical (unpaired) electrons. The van der Waals surface area contributed by atoms with E-state index in [-0.39, 0.29) is 6.04 Å². The summed E-state index contributed by atoms with van der Waals surface area (Å²) >= 11 is 9.59. The van der Waals surface area contributed by atoms with E-state index >= 15 is 0 Å². The lowest BCUT2D eigenvalue weighted by Gasteiger charge is -2.18. The lowest BCUT2D eigenvalue weighted by atomic mass is 9.96. The van der Waals surface area contributed by atoms with Crippen molar-refractivity contribution in [2.45, 2.75) is 19.9 Å². The molecule has 2 nitrogen and oxygen atoms in total. The number of methoxy groups -OCH3 is 1. The molecule has 0 aliphatic heterocycles. The summed E-state index contributed by atoms with van der Waals surface area (Å²) < 4.78 is 6.35. The molecule has 4 heteroatoms. The third-order valence-corrected chi connectivity index (χ3v) is 4.30. The predicted molar refractivity (Wildman–Crippen MR) is 87.7 cm³/mol. The minimum absolute atomic E-state index is 0.230. The summed E-state index contributed by atoms with van der Waals surface area (Å²) in [5.41, 5.74) is 10.6. The van der Waals surface area contributed by atoms with Gasteiger partial charge in [0.05, 0.1) is 13.2 Å². The first-order valence-electron chi connectivity index (χ1n) is 6.29. The van der Waals surface area contributed by atoms with Crippen LogP contribution < -0.4 is 10.5 Å². The summed E-state index contributed by atoms with van der Waals surface area (Å²) in [6, 6.07) is 9.54. The highest BCUT2D eigenvalue weighted by molar-refractivity contribution is 9.10. The van der Waals surface area contributed by atoms with E-state index in [0.717, 1.165) is 32.5 Å². The quantitative estimate of drug-likeness (QED) is 0.861. The highest BCUT2D eigenvalue weighted by Crippen LogP contribution is 2.32. The number of hydrogen-bond acceptors (Lipinski definition) is 2. The lowest BCUT2D eigenvalue weighted by molar-refractivity contribution is 0.408. The van der Waals surface area contributed by atoms with Crippen LogP contribution in [0.3, 0.4) is 0 Å². The smallest absolute Gasteiger partial charge is 0.124 e. The van der Waals surface area contributed by atoms with Crippen LogP contribution in [-0.4, -0.2) is 7.11 Å². The van der Waals surface area contributed by atoms with E-state index in [1.165, 1.54) is 0 Å². The van der Waals surface area contributed by atoms with Crippen LogP contribution in [0.5, 0.6) is 5.75 Å².